The number of primary amides is 1. The molecule has 6 nitrogen and oxygen atoms in total. The van der Waals surface area contributed by atoms with Gasteiger partial charge in [-0.3, -0.25) is 4.79 Å². The zero-order valence-electron chi connectivity index (χ0n) is 7.95. The molecule has 0 bridgehead atoms. The molecule has 0 aliphatic carbocycles. The van der Waals surface area contributed by atoms with Crippen molar-refractivity contribution in [3.05, 3.63) is 30.5 Å². The van der Waals surface area contributed by atoms with Crippen LogP contribution in [0.15, 0.2) is 29.4 Å². The predicted octanol–water partition coefficient (Wildman–Crippen LogP) is 1.15. The van der Waals surface area contributed by atoms with Gasteiger partial charge >= 0.3 is 0 Å². The molecule has 3 aromatic rings. The van der Waals surface area contributed by atoms with Crippen LogP contribution in [0.1, 0.15) is 10.4 Å². The number of rotatable bonds is 2. The van der Waals surface area contributed by atoms with E-state index < -0.39 is 5.91 Å². The van der Waals surface area contributed by atoms with Crippen LogP contribution in [0.3, 0.4) is 0 Å². The molecule has 0 saturated carbocycles. The molecule has 0 unspecified atom stereocenters. The minimum atomic E-state index is -0.485. The summed E-state index contributed by atoms with van der Waals surface area (Å²) in [5.74, 6) is 0.159. The summed E-state index contributed by atoms with van der Waals surface area (Å²) in [6.45, 7) is 0. The lowest BCUT2D eigenvalue weighted by Crippen LogP contribution is -2.09. The summed E-state index contributed by atoms with van der Waals surface area (Å²) in [6, 6.07) is 0. The van der Waals surface area contributed by atoms with Gasteiger partial charge in [-0.2, -0.15) is 5.10 Å². The van der Waals surface area contributed by atoms with Crippen LogP contribution in [-0.4, -0.2) is 20.5 Å². The number of aromatic nitrogens is 3. The number of hydrogen-bond donors (Lipinski definition) is 1. The minimum Gasteiger partial charge on any atom is -0.443 e. The first-order valence-electron chi connectivity index (χ1n) is 4.41. The van der Waals surface area contributed by atoms with Gasteiger partial charge in [0.2, 0.25) is 0 Å². The second-order valence-corrected chi connectivity index (χ2v) is 4.16. The maximum absolute atomic E-state index is 11.1. The molecule has 0 aromatic carbocycles. The van der Waals surface area contributed by atoms with Crippen LogP contribution in [0.4, 0.5) is 0 Å². The van der Waals surface area contributed by atoms with Gasteiger partial charge in [0.05, 0.1) is 29.0 Å². The molecule has 0 radical (unpaired) electrons. The number of hydrogen-bond acceptors (Lipinski definition) is 5. The van der Waals surface area contributed by atoms with E-state index in [2.05, 4.69) is 10.1 Å². The van der Waals surface area contributed by atoms with E-state index in [1.165, 1.54) is 23.9 Å². The van der Waals surface area contributed by atoms with Crippen LogP contribution in [0.2, 0.25) is 0 Å². The highest BCUT2D eigenvalue weighted by Crippen LogP contribution is 2.29. The molecule has 0 spiro atoms. The van der Waals surface area contributed by atoms with Gasteiger partial charge in [0, 0.05) is 0 Å². The molecule has 0 atom stereocenters. The molecule has 1 amide bonds. The summed E-state index contributed by atoms with van der Waals surface area (Å²) in [5, 5.41) is 4.03. The van der Waals surface area contributed by atoms with Gasteiger partial charge in [0.25, 0.3) is 5.91 Å². The third kappa shape index (κ3) is 1.22. The maximum atomic E-state index is 11.1. The quantitative estimate of drug-likeness (QED) is 0.720. The summed E-state index contributed by atoms with van der Waals surface area (Å²) in [5.41, 5.74) is 5.64. The lowest BCUT2D eigenvalue weighted by molar-refractivity contribution is 0.100. The Bertz CT molecular complexity index is 652. The maximum Gasteiger partial charge on any atom is 0.253 e. The first-order valence-corrected chi connectivity index (χ1v) is 5.23. The zero-order chi connectivity index (χ0) is 11.1. The normalized spacial score (nSPS) is 11.0. The molecule has 3 aromatic heterocycles. The van der Waals surface area contributed by atoms with Crippen LogP contribution in [0.25, 0.3) is 15.5 Å². The number of nitrogens with zero attached hydrogens (tertiary/aromatic N) is 3. The standard InChI is InChI=1S/C9H6N4O2S/c10-8(14)5-1-12-13-3-7(16-9(5)13)6-2-11-4-15-6/h1-4H,(H2,10,14). The van der Waals surface area contributed by atoms with Gasteiger partial charge in [0.15, 0.2) is 12.2 Å². The fourth-order valence-electron chi connectivity index (χ4n) is 1.41. The Hall–Kier alpha value is -2.15. The van der Waals surface area contributed by atoms with E-state index in [1.54, 1.807) is 16.9 Å². The van der Waals surface area contributed by atoms with Gasteiger partial charge < -0.3 is 10.2 Å². The molecule has 3 heterocycles. The van der Waals surface area contributed by atoms with Crippen LogP contribution in [0, 0.1) is 0 Å². The highest BCUT2D eigenvalue weighted by atomic mass is 32.1. The number of carbonyl (C=O) groups excluding carboxylic acids is 1. The summed E-state index contributed by atoms with van der Waals surface area (Å²) >= 11 is 1.38. The van der Waals surface area contributed by atoms with Crippen LogP contribution in [-0.2, 0) is 0 Å². The molecule has 2 N–H and O–H groups in total. The van der Waals surface area contributed by atoms with Gasteiger partial charge in [-0.15, -0.1) is 11.3 Å². The third-order valence-corrected chi connectivity index (χ3v) is 3.26. The highest BCUT2D eigenvalue weighted by molar-refractivity contribution is 7.21. The second-order valence-electron chi connectivity index (χ2n) is 3.13. The number of thiazole rings is 1. The van der Waals surface area contributed by atoms with Gasteiger partial charge in [-0.05, 0) is 0 Å². The van der Waals surface area contributed by atoms with Gasteiger partial charge in [0.1, 0.15) is 4.83 Å². The summed E-state index contributed by atoms with van der Waals surface area (Å²) < 4.78 is 6.76. The Labute approximate surface area is 93.3 Å². The van der Waals surface area contributed by atoms with Crippen molar-refractivity contribution >= 4 is 22.1 Å². The predicted molar refractivity (Wildman–Crippen MR) is 57.1 cm³/mol. The number of fused-ring (bicyclic) bond motifs is 1. The average molecular weight is 234 g/mol. The second kappa shape index (κ2) is 3.17. The number of nitrogens with two attached hydrogens (primary N) is 1. The fraction of sp³-hybridized carbons (Fsp3) is 0. The van der Waals surface area contributed by atoms with Crippen LogP contribution < -0.4 is 5.73 Å². The fourth-order valence-corrected chi connectivity index (χ4v) is 2.43. The molecule has 0 fully saturated rings. The van der Waals surface area contributed by atoms with E-state index in [4.69, 9.17) is 10.2 Å². The first kappa shape index (κ1) is 9.10. The number of oxazole rings is 1. The monoisotopic (exact) mass is 234 g/mol. The molecular weight excluding hydrogens is 228 g/mol. The zero-order valence-corrected chi connectivity index (χ0v) is 8.77. The first-order chi connectivity index (χ1) is 7.75. The summed E-state index contributed by atoms with van der Waals surface area (Å²) in [6.07, 6.45) is 6.19. The van der Waals surface area contributed by atoms with Crippen molar-refractivity contribution in [3.8, 4) is 10.6 Å². The molecule has 0 aliphatic rings. The van der Waals surface area contributed by atoms with Crippen molar-refractivity contribution in [2.24, 2.45) is 5.73 Å². The van der Waals surface area contributed by atoms with Crippen molar-refractivity contribution in [2.75, 3.05) is 0 Å². The molecule has 3 rings (SSSR count). The van der Waals surface area contributed by atoms with E-state index >= 15 is 0 Å². The van der Waals surface area contributed by atoms with Crippen LogP contribution >= 0.6 is 11.3 Å². The Kier molecular flexibility index (Phi) is 1.80. The lowest BCUT2D eigenvalue weighted by atomic mass is 10.3. The number of carbonyl (C=O) groups is 1. The van der Waals surface area contributed by atoms with E-state index in [0.717, 1.165) is 4.88 Å². The van der Waals surface area contributed by atoms with Gasteiger partial charge in [-0.1, -0.05) is 0 Å². The summed E-state index contributed by atoms with van der Waals surface area (Å²) in [7, 11) is 0. The van der Waals surface area contributed by atoms with Crippen LogP contribution in [0.5, 0.6) is 0 Å². The van der Waals surface area contributed by atoms with E-state index in [1.807, 2.05) is 0 Å². The topological polar surface area (TPSA) is 86.4 Å². The SMILES string of the molecule is NC(=O)c1cnn2cc(-c3cnco3)sc12. The molecular formula is C9H6N4O2S. The van der Waals surface area contributed by atoms with Crippen molar-refractivity contribution in [1.29, 1.82) is 0 Å². The van der Waals surface area contributed by atoms with E-state index in [-0.39, 0.29) is 0 Å². The molecule has 7 heteroatoms. The third-order valence-electron chi connectivity index (χ3n) is 2.14. The Morgan fingerprint density at radius 3 is 3.06 bits per heavy atom. The molecule has 80 valence electrons. The number of amides is 1. The van der Waals surface area contributed by atoms with Crippen molar-refractivity contribution < 1.29 is 9.21 Å². The molecule has 0 saturated heterocycles. The minimum absolute atomic E-state index is 0.413. The Morgan fingerprint density at radius 1 is 1.50 bits per heavy atom. The van der Waals surface area contributed by atoms with Gasteiger partial charge in [-0.25, -0.2) is 9.50 Å². The Balaban J connectivity index is 2.20. The lowest BCUT2D eigenvalue weighted by Gasteiger charge is -1.86. The highest BCUT2D eigenvalue weighted by Gasteiger charge is 2.14. The van der Waals surface area contributed by atoms with E-state index in [0.29, 0.717) is 16.2 Å². The smallest absolute Gasteiger partial charge is 0.253 e. The van der Waals surface area contributed by atoms with Crippen molar-refractivity contribution in [1.82, 2.24) is 14.6 Å². The van der Waals surface area contributed by atoms with Crippen molar-refractivity contribution in [2.45, 2.75) is 0 Å². The largest absolute Gasteiger partial charge is 0.443 e. The molecule has 0 aliphatic heterocycles. The van der Waals surface area contributed by atoms with E-state index in [9.17, 15) is 4.79 Å². The average Bonchev–Trinajstić information content (AvgIpc) is 2.92. The molecule has 16 heavy (non-hydrogen) atoms. The summed E-state index contributed by atoms with van der Waals surface area (Å²) in [4.78, 5) is 16.5. The Morgan fingerprint density at radius 2 is 2.38 bits per heavy atom. The van der Waals surface area contributed by atoms with Crippen molar-refractivity contribution in [3.63, 3.8) is 0 Å².